The Hall–Kier alpha value is -1.94. The average Bonchev–Trinajstić information content (AvgIpc) is 2.53. The molecule has 4 heteroatoms. The molecule has 0 atom stereocenters. The lowest BCUT2D eigenvalue weighted by Crippen LogP contribution is -2.36. The van der Waals surface area contributed by atoms with E-state index in [1.54, 1.807) is 0 Å². The second kappa shape index (κ2) is 6.22. The molecule has 21 heavy (non-hydrogen) atoms. The van der Waals surface area contributed by atoms with Crippen LogP contribution in [0.4, 0.5) is 0 Å². The van der Waals surface area contributed by atoms with Crippen molar-refractivity contribution < 1.29 is 4.79 Å². The second-order valence-electron chi connectivity index (χ2n) is 5.89. The lowest BCUT2D eigenvalue weighted by atomic mass is 9.85. The molecule has 3 N–H and O–H groups in total. The molecule has 1 heterocycles. The minimum absolute atomic E-state index is 0.0798. The van der Waals surface area contributed by atoms with Crippen molar-refractivity contribution in [2.75, 3.05) is 0 Å². The van der Waals surface area contributed by atoms with Crippen LogP contribution in [-0.2, 0) is 11.3 Å². The monoisotopic (exact) mass is 283 g/mol. The van der Waals surface area contributed by atoms with Gasteiger partial charge in [0.25, 0.3) is 0 Å². The van der Waals surface area contributed by atoms with Gasteiger partial charge in [-0.2, -0.15) is 0 Å². The van der Waals surface area contributed by atoms with E-state index in [9.17, 15) is 4.79 Å². The normalized spacial score (nSPS) is 22.3. The summed E-state index contributed by atoms with van der Waals surface area (Å²) in [5.74, 6) is -0.0622. The summed E-state index contributed by atoms with van der Waals surface area (Å²) in [5.41, 5.74) is 6.65. The maximum absolute atomic E-state index is 11.2. The maximum atomic E-state index is 11.2. The van der Waals surface area contributed by atoms with Crippen molar-refractivity contribution in [3.05, 3.63) is 42.2 Å². The fourth-order valence-electron chi connectivity index (χ4n) is 3.09. The topological polar surface area (TPSA) is 68.0 Å². The quantitative estimate of drug-likeness (QED) is 0.905. The first-order chi connectivity index (χ1) is 10.2. The first-order valence-electron chi connectivity index (χ1n) is 7.58. The van der Waals surface area contributed by atoms with Gasteiger partial charge in [-0.1, -0.05) is 12.1 Å². The second-order valence-corrected chi connectivity index (χ2v) is 5.89. The lowest BCUT2D eigenvalue weighted by molar-refractivity contribution is -0.122. The van der Waals surface area contributed by atoms with Gasteiger partial charge in [0.05, 0.1) is 0 Å². The van der Waals surface area contributed by atoms with Gasteiger partial charge in [-0.3, -0.25) is 9.78 Å². The molecule has 1 fully saturated rings. The summed E-state index contributed by atoms with van der Waals surface area (Å²) in [4.78, 5) is 15.3. The van der Waals surface area contributed by atoms with Crippen molar-refractivity contribution in [3.8, 4) is 0 Å². The van der Waals surface area contributed by atoms with Crippen LogP contribution in [0.25, 0.3) is 10.8 Å². The van der Waals surface area contributed by atoms with E-state index in [1.165, 1.54) is 16.3 Å². The van der Waals surface area contributed by atoms with Gasteiger partial charge >= 0.3 is 0 Å². The first kappa shape index (κ1) is 14.0. The van der Waals surface area contributed by atoms with Crippen LogP contribution >= 0.6 is 0 Å². The molecule has 3 rings (SSSR count). The SMILES string of the molecule is NC(=O)C1CCC(NCc2ccc3cnccc3c2)CC1. The lowest BCUT2D eigenvalue weighted by Gasteiger charge is -2.27. The van der Waals surface area contributed by atoms with E-state index in [-0.39, 0.29) is 11.8 Å². The Balaban J connectivity index is 1.56. The Morgan fingerprint density at radius 1 is 1.19 bits per heavy atom. The summed E-state index contributed by atoms with van der Waals surface area (Å²) < 4.78 is 0. The number of hydrogen-bond acceptors (Lipinski definition) is 3. The van der Waals surface area contributed by atoms with Crippen molar-refractivity contribution in [2.24, 2.45) is 11.7 Å². The van der Waals surface area contributed by atoms with Crippen molar-refractivity contribution in [2.45, 2.75) is 38.3 Å². The number of hydrogen-bond donors (Lipinski definition) is 2. The Morgan fingerprint density at radius 2 is 2.00 bits per heavy atom. The average molecular weight is 283 g/mol. The molecule has 0 spiro atoms. The number of nitrogens with one attached hydrogen (secondary N) is 1. The summed E-state index contributed by atoms with van der Waals surface area (Å²) in [6.45, 7) is 0.865. The Bertz CT molecular complexity index is 633. The summed E-state index contributed by atoms with van der Waals surface area (Å²) >= 11 is 0. The van der Waals surface area contributed by atoms with E-state index in [2.05, 4.69) is 28.5 Å². The zero-order chi connectivity index (χ0) is 14.7. The van der Waals surface area contributed by atoms with Gasteiger partial charge in [0.2, 0.25) is 5.91 Å². The van der Waals surface area contributed by atoms with Crippen LogP contribution in [0.3, 0.4) is 0 Å². The van der Waals surface area contributed by atoms with Gasteiger partial charge in [0.1, 0.15) is 0 Å². The summed E-state index contributed by atoms with van der Waals surface area (Å²) in [5, 5.41) is 5.99. The van der Waals surface area contributed by atoms with Gasteiger partial charge in [0.15, 0.2) is 0 Å². The van der Waals surface area contributed by atoms with Crippen LogP contribution in [0.5, 0.6) is 0 Å². The van der Waals surface area contributed by atoms with Crippen LogP contribution < -0.4 is 11.1 Å². The van der Waals surface area contributed by atoms with Gasteiger partial charge in [-0.05, 0) is 48.8 Å². The first-order valence-corrected chi connectivity index (χ1v) is 7.58. The molecule has 0 saturated heterocycles. The molecule has 0 unspecified atom stereocenters. The zero-order valence-corrected chi connectivity index (χ0v) is 12.1. The van der Waals surface area contributed by atoms with Crippen LogP contribution in [0.2, 0.25) is 0 Å². The van der Waals surface area contributed by atoms with Crippen molar-refractivity contribution in [3.63, 3.8) is 0 Å². The van der Waals surface area contributed by atoms with E-state index < -0.39 is 0 Å². The minimum atomic E-state index is -0.142. The highest BCUT2D eigenvalue weighted by atomic mass is 16.1. The van der Waals surface area contributed by atoms with E-state index in [0.717, 1.165) is 32.2 Å². The Kier molecular flexibility index (Phi) is 4.15. The molecule has 1 aromatic heterocycles. The molecule has 4 nitrogen and oxygen atoms in total. The number of benzene rings is 1. The van der Waals surface area contributed by atoms with Crippen LogP contribution in [-0.4, -0.2) is 16.9 Å². The molecule has 1 aliphatic carbocycles. The van der Waals surface area contributed by atoms with Crippen molar-refractivity contribution in [1.29, 1.82) is 0 Å². The smallest absolute Gasteiger partial charge is 0.220 e. The molecular formula is C17H21N3O. The highest BCUT2D eigenvalue weighted by molar-refractivity contribution is 5.82. The molecule has 1 saturated carbocycles. The number of amides is 1. The predicted octanol–water partition coefficient (Wildman–Crippen LogP) is 2.37. The molecule has 0 radical (unpaired) electrons. The van der Waals surface area contributed by atoms with E-state index in [4.69, 9.17) is 5.73 Å². The van der Waals surface area contributed by atoms with Crippen molar-refractivity contribution >= 4 is 16.7 Å². The highest BCUT2D eigenvalue weighted by Gasteiger charge is 2.24. The number of fused-ring (bicyclic) bond motifs is 1. The molecule has 1 aliphatic rings. The zero-order valence-electron chi connectivity index (χ0n) is 12.1. The van der Waals surface area contributed by atoms with Gasteiger partial charge in [0, 0.05) is 36.3 Å². The largest absolute Gasteiger partial charge is 0.369 e. The molecule has 1 amide bonds. The number of aromatic nitrogens is 1. The standard InChI is InChI=1S/C17H21N3O/c18-17(21)13-3-5-16(6-4-13)20-10-12-1-2-15-11-19-8-7-14(15)9-12/h1-2,7-9,11,13,16,20H,3-6,10H2,(H2,18,21). The fourth-order valence-corrected chi connectivity index (χ4v) is 3.09. The number of primary amides is 1. The third-order valence-electron chi connectivity index (χ3n) is 4.43. The predicted molar refractivity (Wildman–Crippen MR) is 83.5 cm³/mol. The molecule has 1 aromatic carbocycles. The van der Waals surface area contributed by atoms with Crippen molar-refractivity contribution in [1.82, 2.24) is 10.3 Å². The Labute approximate surface area is 124 Å². The third-order valence-corrected chi connectivity index (χ3v) is 4.43. The van der Waals surface area contributed by atoms with Gasteiger partial charge in [-0.15, -0.1) is 0 Å². The van der Waals surface area contributed by atoms with Crippen LogP contribution in [0.1, 0.15) is 31.2 Å². The van der Waals surface area contributed by atoms with E-state index in [0.29, 0.717) is 6.04 Å². The maximum Gasteiger partial charge on any atom is 0.220 e. The molecule has 2 aromatic rings. The highest BCUT2D eigenvalue weighted by Crippen LogP contribution is 2.24. The number of nitrogens with two attached hydrogens (primary N) is 1. The fraction of sp³-hybridized carbons (Fsp3) is 0.412. The molecule has 0 bridgehead atoms. The van der Waals surface area contributed by atoms with Gasteiger partial charge in [-0.25, -0.2) is 0 Å². The summed E-state index contributed by atoms with van der Waals surface area (Å²) in [7, 11) is 0. The molecule has 0 aliphatic heterocycles. The molecular weight excluding hydrogens is 262 g/mol. The van der Waals surface area contributed by atoms with E-state index >= 15 is 0 Å². The number of pyridine rings is 1. The minimum Gasteiger partial charge on any atom is -0.369 e. The van der Waals surface area contributed by atoms with E-state index in [1.807, 2.05) is 18.5 Å². The number of carbonyl (C=O) groups excluding carboxylic acids is 1. The number of rotatable bonds is 4. The van der Waals surface area contributed by atoms with Crippen LogP contribution in [0, 0.1) is 5.92 Å². The number of carbonyl (C=O) groups is 1. The third kappa shape index (κ3) is 3.39. The Morgan fingerprint density at radius 3 is 2.76 bits per heavy atom. The number of nitrogens with zero attached hydrogens (tertiary/aromatic N) is 1. The summed E-state index contributed by atoms with van der Waals surface area (Å²) in [6.07, 6.45) is 7.60. The summed E-state index contributed by atoms with van der Waals surface area (Å²) in [6, 6.07) is 9.00. The molecule has 110 valence electrons. The van der Waals surface area contributed by atoms with Gasteiger partial charge < -0.3 is 11.1 Å². The van der Waals surface area contributed by atoms with Crippen LogP contribution in [0.15, 0.2) is 36.7 Å².